The molecule has 0 radical (unpaired) electrons. The van der Waals surface area contributed by atoms with Gasteiger partial charge in [-0.3, -0.25) is 4.79 Å². The number of nitrogens with zero attached hydrogens (tertiary/aromatic N) is 1. The lowest BCUT2D eigenvalue weighted by Crippen LogP contribution is -2.41. The zero-order valence-corrected chi connectivity index (χ0v) is 18.3. The molecule has 0 saturated heterocycles. The number of fused-ring (bicyclic) bond motifs is 1. The Morgan fingerprint density at radius 2 is 1.96 bits per heavy atom. The number of carbonyl (C=O) groups excluding carboxylic acids is 1. The van der Waals surface area contributed by atoms with Gasteiger partial charge in [-0.2, -0.15) is 0 Å². The van der Waals surface area contributed by atoms with Gasteiger partial charge in [-0.25, -0.2) is 4.98 Å². The second-order valence-corrected chi connectivity index (χ2v) is 8.47. The van der Waals surface area contributed by atoms with Crippen molar-refractivity contribution in [3.8, 4) is 17.2 Å². The van der Waals surface area contributed by atoms with Crippen molar-refractivity contribution in [3.05, 3.63) is 40.9 Å². The van der Waals surface area contributed by atoms with Gasteiger partial charge in [0.05, 0.1) is 11.6 Å². The fourth-order valence-electron chi connectivity index (χ4n) is 2.38. The minimum atomic E-state index is -0.524. The van der Waals surface area contributed by atoms with E-state index in [2.05, 4.69) is 31.5 Å². The Labute approximate surface area is 176 Å². The summed E-state index contributed by atoms with van der Waals surface area (Å²) in [6.07, 6.45) is 0. The maximum atomic E-state index is 12.0. The number of benzene rings is 2. The third kappa shape index (κ3) is 4.51. The van der Waals surface area contributed by atoms with E-state index in [1.54, 1.807) is 13.2 Å². The van der Waals surface area contributed by atoms with Crippen LogP contribution in [0, 0.1) is 5.41 Å². The average Bonchev–Trinajstić information content (AvgIpc) is 3.04. The maximum Gasteiger partial charge on any atom is 0.231 e. The summed E-state index contributed by atoms with van der Waals surface area (Å²) in [4.78, 5) is 16.6. The molecule has 8 heteroatoms. The van der Waals surface area contributed by atoms with Crippen molar-refractivity contribution in [1.29, 1.82) is 0 Å². The minimum Gasteiger partial charge on any atom is -0.496 e. The summed E-state index contributed by atoms with van der Waals surface area (Å²) in [7, 11) is 1.61. The van der Waals surface area contributed by atoms with Crippen LogP contribution in [0.3, 0.4) is 0 Å². The van der Waals surface area contributed by atoms with E-state index in [1.807, 2.05) is 51.1 Å². The summed E-state index contributed by atoms with van der Waals surface area (Å²) in [5.41, 5.74) is 2.34. The zero-order chi connectivity index (χ0) is 20.5. The Morgan fingerprint density at radius 1 is 1.21 bits per heavy atom. The second kappa shape index (κ2) is 7.89. The number of halogens is 1. The minimum absolute atomic E-state index is 0.153. The van der Waals surface area contributed by atoms with Crippen LogP contribution in [0.2, 0.25) is 0 Å². The van der Waals surface area contributed by atoms with E-state index in [1.165, 1.54) is 0 Å². The largest absolute Gasteiger partial charge is 0.496 e. The molecule has 0 aliphatic rings. The molecule has 3 rings (SSSR count). The van der Waals surface area contributed by atoms with Crippen LogP contribution in [0.5, 0.6) is 5.75 Å². The van der Waals surface area contributed by atoms with Gasteiger partial charge in [0.25, 0.3) is 0 Å². The number of ether oxygens (including phenoxy) is 1. The number of anilines is 1. The number of nitrogens with one attached hydrogen (secondary N) is 2. The van der Waals surface area contributed by atoms with Gasteiger partial charge in [-0.1, -0.05) is 20.8 Å². The van der Waals surface area contributed by atoms with Crippen LogP contribution in [0.1, 0.15) is 20.8 Å². The van der Waals surface area contributed by atoms with Crippen LogP contribution in [0.15, 0.2) is 45.3 Å². The van der Waals surface area contributed by atoms with Crippen LogP contribution in [0.25, 0.3) is 22.6 Å². The molecule has 28 heavy (non-hydrogen) atoms. The lowest BCUT2D eigenvalue weighted by atomic mass is 9.96. The number of aromatic nitrogens is 1. The molecule has 0 aliphatic carbocycles. The molecular weight excluding hydrogens is 442 g/mol. The van der Waals surface area contributed by atoms with Gasteiger partial charge in [-0.15, -0.1) is 0 Å². The highest BCUT2D eigenvalue weighted by molar-refractivity contribution is 9.10. The average molecular weight is 462 g/mol. The van der Waals surface area contributed by atoms with Gasteiger partial charge in [0, 0.05) is 16.7 Å². The molecule has 3 aromatic rings. The first-order valence-electron chi connectivity index (χ1n) is 8.54. The van der Waals surface area contributed by atoms with E-state index < -0.39 is 5.41 Å². The van der Waals surface area contributed by atoms with Crippen LogP contribution in [-0.2, 0) is 4.79 Å². The Bertz CT molecular complexity index is 1060. The first-order chi connectivity index (χ1) is 13.2. The molecule has 1 amide bonds. The highest BCUT2D eigenvalue weighted by Gasteiger charge is 2.22. The molecule has 2 aromatic carbocycles. The molecule has 0 fully saturated rings. The van der Waals surface area contributed by atoms with Crippen molar-refractivity contribution in [2.45, 2.75) is 20.8 Å². The summed E-state index contributed by atoms with van der Waals surface area (Å²) in [5.74, 6) is 1.08. The van der Waals surface area contributed by atoms with E-state index in [0.717, 1.165) is 15.8 Å². The Hall–Kier alpha value is -2.45. The van der Waals surface area contributed by atoms with Crippen molar-refractivity contribution in [2.24, 2.45) is 5.41 Å². The Morgan fingerprint density at radius 3 is 2.61 bits per heavy atom. The second-order valence-electron chi connectivity index (χ2n) is 7.21. The van der Waals surface area contributed by atoms with Gasteiger partial charge in [0.2, 0.25) is 11.8 Å². The fourth-order valence-corrected chi connectivity index (χ4v) is 3.13. The smallest absolute Gasteiger partial charge is 0.231 e. The number of hydrogen-bond donors (Lipinski definition) is 2. The molecule has 0 unspecified atom stereocenters. The Kier molecular flexibility index (Phi) is 5.71. The van der Waals surface area contributed by atoms with Crippen LogP contribution < -0.4 is 15.4 Å². The standard InChI is InChI=1S/C20H20BrN3O3S/c1-20(2,3)18(25)24-19(28)22-12-6-8-16-14(10-12)23-17(27-16)11-5-7-15(26-4)13(21)9-11/h5-10H,1-4H3,(H2,22,24,25,28). The first-order valence-corrected chi connectivity index (χ1v) is 9.74. The summed E-state index contributed by atoms with van der Waals surface area (Å²) in [6, 6.07) is 11.1. The number of thiocarbonyl (C=S) groups is 1. The zero-order valence-electron chi connectivity index (χ0n) is 15.9. The van der Waals surface area contributed by atoms with Crippen LogP contribution in [0.4, 0.5) is 5.69 Å². The van der Waals surface area contributed by atoms with Gasteiger partial charge in [-0.05, 0) is 64.5 Å². The third-order valence-electron chi connectivity index (χ3n) is 3.95. The molecule has 0 bridgehead atoms. The summed E-state index contributed by atoms with van der Waals surface area (Å²) >= 11 is 8.69. The van der Waals surface area contributed by atoms with Crippen molar-refractivity contribution < 1.29 is 13.9 Å². The SMILES string of the molecule is COc1ccc(-c2nc3cc(NC(=S)NC(=O)C(C)(C)C)ccc3o2)cc1Br. The van der Waals surface area contributed by atoms with Crippen LogP contribution in [-0.4, -0.2) is 23.1 Å². The normalized spacial score (nSPS) is 11.3. The van der Waals surface area contributed by atoms with E-state index in [0.29, 0.717) is 22.7 Å². The number of hydrogen-bond acceptors (Lipinski definition) is 5. The quantitative estimate of drug-likeness (QED) is 0.526. The predicted octanol–water partition coefficient (Wildman–Crippen LogP) is 5.13. The summed E-state index contributed by atoms with van der Waals surface area (Å²) in [5, 5.41) is 5.93. The molecular formula is C20H20BrN3O3S. The summed E-state index contributed by atoms with van der Waals surface area (Å²) in [6.45, 7) is 5.47. The topological polar surface area (TPSA) is 76.4 Å². The fraction of sp³-hybridized carbons (Fsp3) is 0.250. The molecule has 2 N–H and O–H groups in total. The molecule has 0 spiro atoms. The molecule has 0 saturated carbocycles. The predicted molar refractivity (Wildman–Crippen MR) is 118 cm³/mol. The van der Waals surface area contributed by atoms with Gasteiger partial charge in [0.15, 0.2) is 10.7 Å². The van der Waals surface area contributed by atoms with Crippen molar-refractivity contribution in [1.82, 2.24) is 10.3 Å². The lowest BCUT2D eigenvalue weighted by molar-refractivity contribution is -0.126. The molecule has 1 heterocycles. The van der Waals surface area contributed by atoms with Crippen LogP contribution >= 0.6 is 28.1 Å². The van der Waals surface area contributed by atoms with E-state index in [-0.39, 0.29) is 11.0 Å². The van der Waals surface area contributed by atoms with E-state index in [9.17, 15) is 4.79 Å². The van der Waals surface area contributed by atoms with Crippen molar-refractivity contribution in [3.63, 3.8) is 0 Å². The third-order valence-corrected chi connectivity index (χ3v) is 4.78. The van der Waals surface area contributed by atoms with Gasteiger partial charge >= 0.3 is 0 Å². The molecule has 0 aliphatic heterocycles. The lowest BCUT2D eigenvalue weighted by Gasteiger charge is -2.18. The molecule has 0 atom stereocenters. The van der Waals surface area contributed by atoms with Crippen molar-refractivity contribution >= 4 is 56.0 Å². The monoisotopic (exact) mass is 461 g/mol. The number of rotatable bonds is 3. The van der Waals surface area contributed by atoms with E-state index in [4.69, 9.17) is 21.4 Å². The van der Waals surface area contributed by atoms with Gasteiger partial charge in [0.1, 0.15) is 11.3 Å². The van der Waals surface area contributed by atoms with E-state index >= 15 is 0 Å². The van der Waals surface area contributed by atoms with Gasteiger partial charge < -0.3 is 19.8 Å². The molecule has 1 aromatic heterocycles. The van der Waals surface area contributed by atoms with Crippen molar-refractivity contribution in [2.75, 3.05) is 12.4 Å². The number of oxazole rings is 1. The highest BCUT2D eigenvalue weighted by Crippen LogP contribution is 2.32. The maximum absolute atomic E-state index is 12.0. The number of amides is 1. The highest BCUT2D eigenvalue weighted by atomic mass is 79.9. The molecule has 6 nitrogen and oxygen atoms in total. The first kappa shape index (κ1) is 20.3. The molecule has 146 valence electrons. The number of carbonyl (C=O) groups is 1. The Balaban J connectivity index is 1.80. The number of methoxy groups -OCH3 is 1. The summed E-state index contributed by atoms with van der Waals surface area (Å²) < 4.78 is 11.9.